The second-order valence-electron chi connectivity index (χ2n) is 5.58. The summed E-state index contributed by atoms with van der Waals surface area (Å²) in [4.78, 5) is 8.45. The van der Waals surface area contributed by atoms with Crippen LogP contribution in [0.15, 0.2) is 66.0 Å². The third-order valence-corrected chi connectivity index (χ3v) is 5.83. The lowest BCUT2D eigenvalue weighted by Crippen LogP contribution is -2.56. The molecule has 24 heavy (non-hydrogen) atoms. The Labute approximate surface area is 139 Å². The molecule has 1 aliphatic heterocycles. The van der Waals surface area contributed by atoms with Gasteiger partial charge in [-0.15, -0.1) is 0 Å². The van der Waals surface area contributed by atoms with Gasteiger partial charge >= 0.3 is 0 Å². The van der Waals surface area contributed by atoms with Crippen LogP contribution in [0.1, 0.15) is 0 Å². The Morgan fingerprint density at radius 3 is 2.62 bits per heavy atom. The second kappa shape index (κ2) is 5.85. The van der Waals surface area contributed by atoms with Crippen molar-refractivity contribution in [3.63, 3.8) is 0 Å². The molecule has 0 N–H and O–H groups in total. The Kier molecular flexibility index (Phi) is 3.66. The highest BCUT2D eigenvalue weighted by molar-refractivity contribution is 7.89. The van der Waals surface area contributed by atoms with E-state index in [0.717, 1.165) is 5.39 Å². The number of para-hydroxylation sites is 1. The number of hydrogen-bond donors (Lipinski definition) is 0. The molecule has 0 radical (unpaired) electrons. The van der Waals surface area contributed by atoms with Gasteiger partial charge in [0.25, 0.3) is 0 Å². The molecule has 4 rings (SSSR count). The van der Waals surface area contributed by atoms with Crippen molar-refractivity contribution in [2.45, 2.75) is 11.0 Å². The SMILES string of the molecule is O=S(=O)(c1cccc2cccnc12)N1CC(Oc2cccnc2)C1. The third kappa shape index (κ3) is 2.61. The quantitative estimate of drug-likeness (QED) is 0.726. The van der Waals surface area contributed by atoms with Crippen LogP contribution in [0.2, 0.25) is 0 Å². The Morgan fingerprint density at radius 2 is 1.83 bits per heavy atom. The van der Waals surface area contributed by atoms with E-state index in [1.165, 1.54) is 4.31 Å². The van der Waals surface area contributed by atoms with Crippen LogP contribution in [0.4, 0.5) is 0 Å². The van der Waals surface area contributed by atoms with E-state index in [4.69, 9.17) is 4.74 Å². The fraction of sp³-hybridized carbons (Fsp3) is 0.176. The minimum Gasteiger partial charge on any atom is -0.486 e. The molecule has 0 amide bonds. The highest BCUT2D eigenvalue weighted by Gasteiger charge is 2.39. The fourth-order valence-electron chi connectivity index (χ4n) is 2.70. The van der Waals surface area contributed by atoms with Crippen LogP contribution in [0.25, 0.3) is 10.9 Å². The van der Waals surface area contributed by atoms with Crippen molar-refractivity contribution >= 4 is 20.9 Å². The monoisotopic (exact) mass is 341 g/mol. The largest absolute Gasteiger partial charge is 0.486 e. The number of fused-ring (bicyclic) bond motifs is 1. The van der Waals surface area contributed by atoms with Gasteiger partial charge in [0.15, 0.2) is 0 Å². The van der Waals surface area contributed by atoms with Crippen molar-refractivity contribution in [3.05, 3.63) is 61.1 Å². The van der Waals surface area contributed by atoms with E-state index in [-0.39, 0.29) is 11.0 Å². The summed E-state index contributed by atoms with van der Waals surface area (Å²) in [5.74, 6) is 0.645. The molecule has 3 aromatic rings. The van der Waals surface area contributed by atoms with Crippen molar-refractivity contribution in [2.24, 2.45) is 0 Å². The summed E-state index contributed by atoms with van der Waals surface area (Å²) in [6, 6.07) is 12.4. The normalized spacial score (nSPS) is 16.0. The number of rotatable bonds is 4. The van der Waals surface area contributed by atoms with Gasteiger partial charge in [-0.25, -0.2) is 8.42 Å². The van der Waals surface area contributed by atoms with E-state index in [1.54, 1.807) is 48.9 Å². The number of sulfonamides is 1. The van der Waals surface area contributed by atoms with Crippen LogP contribution in [-0.4, -0.2) is 41.9 Å². The van der Waals surface area contributed by atoms with Gasteiger partial charge in [0.05, 0.1) is 24.8 Å². The average molecular weight is 341 g/mol. The maximum absolute atomic E-state index is 12.8. The second-order valence-corrected chi connectivity index (χ2v) is 7.49. The highest BCUT2D eigenvalue weighted by Crippen LogP contribution is 2.28. The summed E-state index contributed by atoms with van der Waals surface area (Å²) in [6.45, 7) is 0.640. The molecule has 0 unspecified atom stereocenters. The van der Waals surface area contributed by atoms with Crippen molar-refractivity contribution in [1.82, 2.24) is 14.3 Å². The molecule has 1 saturated heterocycles. The Bertz CT molecular complexity index is 965. The Hall–Kier alpha value is -2.51. The van der Waals surface area contributed by atoms with E-state index in [9.17, 15) is 8.42 Å². The molecule has 1 fully saturated rings. The molecule has 6 nitrogen and oxygen atoms in total. The van der Waals surface area contributed by atoms with Gasteiger partial charge in [-0.05, 0) is 24.3 Å². The van der Waals surface area contributed by atoms with E-state index in [0.29, 0.717) is 24.4 Å². The number of pyridine rings is 2. The molecule has 1 aliphatic rings. The van der Waals surface area contributed by atoms with E-state index in [1.807, 2.05) is 12.1 Å². The molecular formula is C17H15N3O3S. The van der Waals surface area contributed by atoms with Crippen molar-refractivity contribution in [1.29, 1.82) is 0 Å². The first-order valence-corrected chi connectivity index (χ1v) is 8.99. The molecule has 0 bridgehead atoms. The molecular weight excluding hydrogens is 326 g/mol. The summed E-state index contributed by atoms with van der Waals surface area (Å²) in [5.41, 5.74) is 0.497. The summed E-state index contributed by atoms with van der Waals surface area (Å²) in [7, 11) is -3.58. The van der Waals surface area contributed by atoms with E-state index >= 15 is 0 Å². The van der Waals surface area contributed by atoms with E-state index < -0.39 is 10.0 Å². The van der Waals surface area contributed by atoms with Crippen LogP contribution in [0, 0.1) is 0 Å². The van der Waals surface area contributed by atoms with Gasteiger partial charge in [0.1, 0.15) is 16.7 Å². The fourth-order valence-corrected chi connectivity index (χ4v) is 4.37. The molecule has 3 heterocycles. The van der Waals surface area contributed by atoms with Gasteiger partial charge in [-0.2, -0.15) is 4.31 Å². The topological polar surface area (TPSA) is 72.4 Å². The summed E-state index contributed by atoms with van der Waals surface area (Å²) in [6.07, 6.45) is 4.72. The minimum atomic E-state index is -3.58. The van der Waals surface area contributed by atoms with Crippen LogP contribution in [-0.2, 0) is 10.0 Å². The van der Waals surface area contributed by atoms with Crippen LogP contribution in [0.5, 0.6) is 5.75 Å². The summed E-state index contributed by atoms with van der Waals surface area (Å²) >= 11 is 0. The summed E-state index contributed by atoms with van der Waals surface area (Å²) in [5, 5.41) is 0.808. The number of aromatic nitrogens is 2. The first-order valence-electron chi connectivity index (χ1n) is 7.55. The zero-order valence-electron chi connectivity index (χ0n) is 12.7. The smallest absolute Gasteiger partial charge is 0.245 e. The highest BCUT2D eigenvalue weighted by atomic mass is 32.2. The molecule has 1 aromatic carbocycles. The first kappa shape index (κ1) is 15.0. The van der Waals surface area contributed by atoms with Crippen molar-refractivity contribution < 1.29 is 13.2 Å². The Morgan fingerprint density at radius 1 is 1.04 bits per heavy atom. The molecule has 0 aliphatic carbocycles. The Balaban J connectivity index is 1.54. The number of hydrogen-bond acceptors (Lipinski definition) is 5. The lowest BCUT2D eigenvalue weighted by atomic mass is 10.2. The van der Waals surface area contributed by atoms with Crippen molar-refractivity contribution in [2.75, 3.05) is 13.1 Å². The molecule has 0 spiro atoms. The predicted molar refractivity (Wildman–Crippen MR) is 89.2 cm³/mol. The molecule has 122 valence electrons. The standard InChI is InChI=1S/C17H15N3O3S/c21-24(22,16-7-1-4-13-5-2-9-19-17(13)16)20-11-15(12-20)23-14-6-3-8-18-10-14/h1-10,15H,11-12H2. The third-order valence-electron chi connectivity index (χ3n) is 3.97. The zero-order chi connectivity index (χ0) is 16.6. The van der Waals surface area contributed by atoms with Crippen LogP contribution >= 0.6 is 0 Å². The molecule has 0 saturated carbocycles. The van der Waals surface area contributed by atoms with E-state index in [2.05, 4.69) is 9.97 Å². The number of ether oxygens (including phenoxy) is 1. The van der Waals surface area contributed by atoms with Gasteiger partial charge in [-0.3, -0.25) is 9.97 Å². The van der Waals surface area contributed by atoms with Gasteiger partial charge in [-0.1, -0.05) is 18.2 Å². The number of nitrogens with zero attached hydrogens (tertiary/aromatic N) is 3. The molecule has 7 heteroatoms. The molecule has 2 aromatic heterocycles. The van der Waals surface area contributed by atoms with Crippen LogP contribution < -0.4 is 4.74 Å². The zero-order valence-corrected chi connectivity index (χ0v) is 13.6. The molecule has 0 atom stereocenters. The lowest BCUT2D eigenvalue weighted by molar-refractivity contribution is 0.0759. The average Bonchev–Trinajstić information content (AvgIpc) is 2.58. The van der Waals surface area contributed by atoms with Gasteiger partial charge in [0.2, 0.25) is 10.0 Å². The van der Waals surface area contributed by atoms with Gasteiger partial charge in [0, 0.05) is 17.8 Å². The maximum Gasteiger partial charge on any atom is 0.245 e. The minimum absolute atomic E-state index is 0.160. The van der Waals surface area contributed by atoms with Gasteiger partial charge < -0.3 is 4.74 Å². The first-order chi connectivity index (χ1) is 11.6. The predicted octanol–water partition coefficient (Wildman–Crippen LogP) is 2.08. The summed E-state index contributed by atoms with van der Waals surface area (Å²) < 4.78 is 32.8. The van der Waals surface area contributed by atoms with Crippen molar-refractivity contribution in [3.8, 4) is 5.75 Å². The van der Waals surface area contributed by atoms with Crippen LogP contribution in [0.3, 0.4) is 0 Å². The number of benzene rings is 1. The maximum atomic E-state index is 12.8. The lowest BCUT2D eigenvalue weighted by Gasteiger charge is -2.37.